The van der Waals surface area contributed by atoms with Gasteiger partial charge in [-0.1, -0.05) is 85.1 Å². The van der Waals surface area contributed by atoms with E-state index in [0.717, 1.165) is 0 Å². The van der Waals surface area contributed by atoms with Crippen molar-refractivity contribution < 1.29 is 18.9 Å². The summed E-state index contributed by atoms with van der Waals surface area (Å²) in [6.45, 7) is 9.20. The quantitative estimate of drug-likeness (QED) is 0.167. The van der Waals surface area contributed by atoms with E-state index < -0.39 is 0 Å². The molecule has 4 heteroatoms. The summed E-state index contributed by atoms with van der Waals surface area (Å²) >= 11 is 5.85. The van der Waals surface area contributed by atoms with Crippen LogP contribution in [0.1, 0.15) is 101 Å². The molecule has 0 spiro atoms. The standard InChI is InChI=1S/C28H39S3.Li/c1-5-9-13-21-19-29-27(23(21)15-11-7-3)25-17-18-26(31-25)28-24(16-12-8-4)22(20-30-28)14-10-6-2;/h17-19H,5-16H2,1-4H3;/q-1;+1. The van der Waals surface area contributed by atoms with Crippen molar-refractivity contribution in [2.24, 2.45) is 0 Å². The molecule has 3 aromatic rings. The Kier molecular flexibility index (Phi) is 13.0. The second-order valence-corrected chi connectivity index (χ2v) is 11.4. The largest absolute Gasteiger partial charge is 1.00 e. The van der Waals surface area contributed by atoms with Crippen molar-refractivity contribution in [3.63, 3.8) is 0 Å². The number of unbranched alkanes of at least 4 members (excludes halogenated alkanes) is 4. The molecule has 0 atom stereocenters. The van der Waals surface area contributed by atoms with Crippen molar-refractivity contribution in [1.29, 1.82) is 0 Å². The summed E-state index contributed by atoms with van der Waals surface area (Å²) in [5, 5.41) is 6.13. The molecule has 0 nitrogen and oxygen atoms in total. The number of hydrogen-bond acceptors (Lipinski definition) is 3. The summed E-state index contributed by atoms with van der Waals surface area (Å²) in [5.41, 5.74) is 6.34. The Morgan fingerprint density at radius 3 is 1.91 bits per heavy atom. The zero-order valence-corrected chi connectivity index (χ0v) is 23.4. The molecule has 0 radical (unpaired) electrons. The van der Waals surface area contributed by atoms with Crippen molar-refractivity contribution >= 4 is 34.0 Å². The van der Waals surface area contributed by atoms with E-state index in [2.05, 4.69) is 50.6 Å². The Bertz CT molecular complexity index is 842. The minimum atomic E-state index is 0. The Balaban J connectivity index is 0.00000363. The molecule has 0 bridgehead atoms. The van der Waals surface area contributed by atoms with Gasteiger partial charge in [-0.2, -0.15) is 11.1 Å². The molecule has 0 aliphatic carbocycles. The summed E-state index contributed by atoms with van der Waals surface area (Å²) in [5.74, 6) is 0. The average molecular weight is 479 g/mol. The van der Waals surface area contributed by atoms with Gasteiger partial charge in [0.1, 0.15) is 0 Å². The third-order valence-electron chi connectivity index (χ3n) is 6.09. The number of hydrogen-bond donors (Lipinski definition) is 0. The second-order valence-electron chi connectivity index (χ2n) is 8.64. The molecule has 0 amide bonds. The van der Waals surface area contributed by atoms with Gasteiger partial charge in [0.15, 0.2) is 0 Å². The van der Waals surface area contributed by atoms with Gasteiger partial charge in [0.25, 0.3) is 0 Å². The van der Waals surface area contributed by atoms with E-state index in [9.17, 15) is 0 Å². The van der Waals surface area contributed by atoms with Gasteiger partial charge < -0.3 is 0 Å². The molecule has 3 heterocycles. The first-order chi connectivity index (χ1) is 15.2. The molecule has 0 unspecified atom stereocenters. The van der Waals surface area contributed by atoms with E-state index in [4.69, 9.17) is 0 Å². The Labute approximate surface area is 221 Å². The summed E-state index contributed by atoms with van der Waals surface area (Å²) < 4.78 is 0. The van der Waals surface area contributed by atoms with Crippen LogP contribution < -0.4 is 18.9 Å². The van der Waals surface area contributed by atoms with Crippen LogP contribution in [0.2, 0.25) is 0 Å². The summed E-state index contributed by atoms with van der Waals surface area (Å²) in [6.07, 6.45) is 15.1. The predicted molar refractivity (Wildman–Crippen MR) is 144 cm³/mol. The van der Waals surface area contributed by atoms with Crippen molar-refractivity contribution in [2.45, 2.75) is 105 Å². The molecule has 3 aromatic heterocycles. The molecule has 0 saturated heterocycles. The first-order valence-corrected chi connectivity index (χ1v) is 15.0. The van der Waals surface area contributed by atoms with Crippen LogP contribution in [-0.4, -0.2) is 0 Å². The normalized spacial score (nSPS) is 11.1. The van der Waals surface area contributed by atoms with Crippen LogP contribution in [0.4, 0.5) is 0 Å². The van der Waals surface area contributed by atoms with Gasteiger partial charge in [-0.25, -0.2) is 0 Å². The number of rotatable bonds is 14. The number of thiophene rings is 3. The first kappa shape index (κ1) is 27.9. The van der Waals surface area contributed by atoms with Gasteiger partial charge in [-0.3, -0.25) is 11.3 Å². The molecule has 0 aliphatic heterocycles. The van der Waals surface area contributed by atoms with Crippen LogP contribution in [0.3, 0.4) is 0 Å². The van der Waals surface area contributed by atoms with Crippen molar-refractivity contribution in [1.82, 2.24) is 0 Å². The maximum absolute atomic E-state index is 3.68. The maximum Gasteiger partial charge on any atom is 1.00 e. The molecule has 170 valence electrons. The van der Waals surface area contributed by atoms with Gasteiger partial charge >= 0.3 is 18.9 Å². The Morgan fingerprint density at radius 2 is 1.25 bits per heavy atom. The van der Waals surface area contributed by atoms with Crippen molar-refractivity contribution in [3.05, 3.63) is 45.1 Å². The maximum atomic E-state index is 3.68. The topological polar surface area (TPSA) is 0 Å². The first-order valence-electron chi connectivity index (χ1n) is 12.4. The van der Waals surface area contributed by atoms with Crippen molar-refractivity contribution in [2.75, 3.05) is 0 Å². The van der Waals surface area contributed by atoms with Crippen LogP contribution in [0.15, 0.2) is 17.5 Å². The Morgan fingerprint density at radius 1 is 0.688 bits per heavy atom. The molecule has 0 saturated carbocycles. The van der Waals surface area contributed by atoms with Crippen LogP contribution >= 0.6 is 34.0 Å². The Hall–Kier alpha value is -0.303. The SMILES string of the molecule is CCCCc1[c-]sc(-c2ccc(-c3scc(CCCC)c3CCCC)s2)c1CCCC.[Li+]. The fraction of sp³-hybridized carbons (Fsp3) is 0.571. The minimum absolute atomic E-state index is 0. The second kappa shape index (κ2) is 14.9. The van der Waals surface area contributed by atoms with Gasteiger partial charge in [0.05, 0.1) is 0 Å². The molecule has 0 fully saturated rings. The van der Waals surface area contributed by atoms with Gasteiger partial charge in [0.2, 0.25) is 0 Å². The van der Waals surface area contributed by atoms with E-state index in [1.54, 1.807) is 16.7 Å². The summed E-state index contributed by atoms with van der Waals surface area (Å²) in [4.78, 5) is 5.96. The van der Waals surface area contributed by atoms with Gasteiger partial charge in [-0.15, -0.1) is 32.9 Å². The summed E-state index contributed by atoms with van der Waals surface area (Å²) in [6, 6.07) is 4.77. The van der Waals surface area contributed by atoms with E-state index in [-0.39, 0.29) is 18.9 Å². The summed E-state index contributed by atoms with van der Waals surface area (Å²) in [7, 11) is 0. The zero-order chi connectivity index (χ0) is 22.1. The van der Waals surface area contributed by atoms with Gasteiger partial charge in [0, 0.05) is 9.75 Å². The fourth-order valence-corrected chi connectivity index (χ4v) is 7.66. The van der Waals surface area contributed by atoms with Crippen LogP contribution in [0, 0.1) is 5.38 Å². The van der Waals surface area contributed by atoms with Gasteiger partial charge in [-0.05, 0) is 53.1 Å². The average Bonchev–Trinajstić information content (AvgIpc) is 3.51. The zero-order valence-electron chi connectivity index (χ0n) is 20.9. The van der Waals surface area contributed by atoms with Crippen LogP contribution in [-0.2, 0) is 25.7 Å². The van der Waals surface area contributed by atoms with E-state index in [1.807, 2.05) is 34.0 Å². The fourth-order valence-electron chi connectivity index (χ4n) is 4.16. The van der Waals surface area contributed by atoms with Crippen LogP contribution in [0.25, 0.3) is 19.5 Å². The monoisotopic (exact) mass is 478 g/mol. The molecule has 0 aromatic carbocycles. The third kappa shape index (κ3) is 7.10. The molecular weight excluding hydrogens is 439 g/mol. The molecule has 0 aliphatic rings. The molecule has 3 rings (SSSR count). The molecular formula is C28H39LiS3. The van der Waals surface area contributed by atoms with Crippen molar-refractivity contribution in [3.8, 4) is 19.5 Å². The van der Waals surface area contributed by atoms with E-state index in [0.29, 0.717) is 0 Å². The molecule has 0 N–H and O–H groups in total. The predicted octanol–water partition coefficient (Wildman–Crippen LogP) is 7.38. The van der Waals surface area contributed by atoms with E-state index >= 15 is 0 Å². The van der Waals surface area contributed by atoms with E-state index in [1.165, 1.54) is 102 Å². The minimum Gasteiger partial charge on any atom is -0.294 e. The third-order valence-corrected chi connectivity index (χ3v) is 9.59. The smallest absolute Gasteiger partial charge is 0.294 e. The number of aryl methyl sites for hydroxylation is 2. The molecule has 32 heavy (non-hydrogen) atoms. The van der Waals surface area contributed by atoms with Crippen LogP contribution in [0.5, 0.6) is 0 Å².